The van der Waals surface area contributed by atoms with Crippen LogP contribution in [0, 0.1) is 5.92 Å². The summed E-state index contributed by atoms with van der Waals surface area (Å²) in [6.07, 6.45) is -0.342. The van der Waals surface area contributed by atoms with E-state index in [1.165, 1.54) is 0 Å². The summed E-state index contributed by atoms with van der Waals surface area (Å²) in [5.74, 6) is 0.477. The summed E-state index contributed by atoms with van der Waals surface area (Å²) in [5.41, 5.74) is 5.56. The molecule has 4 nitrogen and oxygen atoms in total. The van der Waals surface area contributed by atoms with Gasteiger partial charge in [0, 0.05) is 20.3 Å². The summed E-state index contributed by atoms with van der Waals surface area (Å²) in [6.45, 7) is 5.98. The fourth-order valence-electron chi connectivity index (χ4n) is 1.18. The monoisotopic (exact) mass is 207 g/mol. The van der Waals surface area contributed by atoms with Crippen LogP contribution < -0.4 is 5.73 Å². The van der Waals surface area contributed by atoms with E-state index in [1.54, 1.807) is 21.1 Å². The molecule has 0 radical (unpaired) electrons. The Hall–Kier alpha value is 0.0569. The number of hydrogen-bond donors (Lipinski definition) is 1. The van der Waals surface area contributed by atoms with Gasteiger partial charge in [-0.05, 0) is 12.8 Å². The second-order valence-electron chi connectivity index (χ2n) is 3.51. The third kappa shape index (κ3) is 4.73. The summed E-state index contributed by atoms with van der Waals surface area (Å²) in [5, 5.41) is 0. The van der Waals surface area contributed by atoms with E-state index in [1.807, 2.05) is 0 Å². The zero-order chi connectivity index (χ0) is 10.5. The smallest absolute Gasteiger partial charge is 0.377 e. The third-order valence-corrected chi connectivity index (χ3v) is 4.94. The highest BCUT2D eigenvalue weighted by Gasteiger charge is 2.40. The molecule has 0 amide bonds. The summed E-state index contributed by atoms with van der Waals surface area (Å²) in [4.78, 5) is 0. The van der Waals surface area contributed by atoms with Crippen molar-refractivity contribution in [2.45, 2.75) is 33.0 Å². The number of nitrogens with two attached hydrogens (primary N) is 1. The molecule has 5 heteroatoms. The van der Waals surface area contributed by atoms with Crippen molar-refractivity contribution in [3.63, 3.8) is 0 Å². The third-order valence-electron chi connectivity index (χ3n) is 1.65. The lowest BCUT2D eigenvalue weighted by molar-refractivity contribution is 0.0625. The zero-order valence-electron chi connectivity index (χ0n) is 9.16. The molecule has 13 heavy (non-hydrogen) atoms. The lowest BCUT2D eigenvalue weighted by atomic mass is 10.3. The van der Waals surface area contributed by atoms with Gasteiger partial charge in [0.2, 0.25) is 0 Å². The van der Waals surface area contributed by atoms with Gasteiger partial charge in [-0.3, -0.25) is 0 Å². The van der Waals surface area contributed by atoms with Crippen molar-refractivity contribution in [1.82, 2.24) is 0 Å². The molecule has 0 aliphatic carbocycles. The molecule has 0 spiro atoms. The quantitative estimate of drug-likeness (QED) is 0.525. The lowest BCUT2D eigenvalue weighted by Crippen LogP contribution is -2.49. The van der Waals surface area contributed by atoms with Crippen LogP contribution in [0.25, 0.3) is 0 Å². The van der Waals surface area contributed by atoms with Crippen LogP contribution in [0.3, 0.4) is 0 Å². The Kier molecular flexibility index (Phi) is 5.74. The maximum absolute atomic E-state index is 5.56. The molecule has 0 aliphatic heterocycles. The van der Waals surface area contributed by atoms with Gasteiger partial charge in [0.15, 0.2) is 0 Å². The highest BCUT2D eigenvalue weighted by atomic mass is 28.4. The zero-order valence-corrected chi connectivity index (χ0v) is 10.2. The molecule has 0 aliphatic rings. The fourth-order valence-corrected chi connectivity index (χ4v) is 3.53. The number of hydrogen-bond acceptors (Lipinski definition) is 4. The molecule has 0 bridgehead atoms. The first kappa shape index (κ1) is 13.1. The molecule has 0 saturated heterocycles. The molecular formula is C8H21NO3Si. The second-order valence-corrected chi connectivity index (χ2v) is 6.34. The van der Waals surface area contributed by atoms with Gasteiger partial charge in [-0.25, -0.2) is 0 Å². The van der Waals surface area contributed by atoms with E-state index in [-0.39, 0.29) is 6.23 Å². The maximum atomic E-state index is 5.56. The van der Waals surface area contributed by atoms with Gasteiger partial charge in [0.25, 0.3) is 0 Å². The molecular weight excluding hydrogens is 186 g/mol. The number of rotatable bonds is 6. The normalized spacial score (nSPS) is 15.0. The van der Waals surface area contributed by atoms with Gasteiger partial charge in [-0.2, -0.15) is 0 Å². The molecule has 0 rings (SSSR count). The van der Waals surface area contributed by atoms with E-state index >= 15 is 0 Å². The molecule has 0 aromatic heterocycles. The summed E-state index contributed by atoms with van der Waals surface area (Å²) in [6, 6.07) is 0.793. The average molecular weight is 207 g/mol. The van der Waals surface area contributed by atoms with Crippen molar-refractivity contribution in [1.29, 1.82) is 0 Å². The molecule has 80 valence electrons. The minimum Gasteiger partial charge on any atom is -0.377 e. The molecule has 1 atom stereocenters. The summed E-state index contributed by atoms with van der Waals surface area (Å²) >= 11 is 0. The van der Waals surface area contributed by atoms with E-state index in [4.69, 9.17) is 19.0 Å². The van der Waals surface area contributed by atoms with Crippen LogP contribution in [0.4, 0.5) is 0 Å². The van der Waals surface area contributed by atoms with Crippen LogP contribution in [0.5, 0.6) is 0 Å². The fraction of sp³-hybridized carbons (Fsp3) is 1.00. The summed E-state index contributed by atoms with van der Waals surface area (Å²) < 4.78 is 16.2. The van der Waals surface area contributed by atoms with Gasteiger partial charge in [-0.1, -0.05) is 13.8 Å². The SMILES string of the molecule is CO[Si](CC(C)C)(OC)OC(C)N. The van der Waals surface area contributed by atoms with Gasteiger partial charge < -0.3 is 19.0 Å². The lowest BCUT2D eigenvalue weighted by Gasteiger charge is -2.29. The van der Waals surface area contributed by atoms with E-state index in [0.717, 1.165) is 6.04 Å². The highest BCUT2D eigenvalue weighted by Crippen LogP contribution is 2.20. The maximum Gasteiger partial charge on any atom is 0.501 e. The van der Waals surface area contributed by atoms with Crippen LogP contribution in [0.15, 0.2) is 0 Å². The molecule has 0 heterocycles. The summed E-state index contributed by atoms with van der Waals surface area (Å²) in [7, 11) is 0.729. The largest absolute Gasteiger partial charge is 0.501 e. The predicted molar refractivity (Wildman–Crippen MR) is 54.2 cm³/mol. The standard InChI is InChI=1S/C8H21NO3Si/c1-7(2)6-13(10-4,11-5)12-8(3)9/h7-8H,6,9H2,1-5H3. The Balaban J connectivity index is 4.30. The molecule has 0 aromatic carbocycles. The van der Waals surface area contributed by atoms with Crippen LogP contribution in [-0.2, 0) is 13.3 Å². The first-order chi connectivity index (χ1) is 5.95. The van der Waals surface area contributed by atoms with E-state index < -0.39 is 8.80 Å². The van der Waals surface area contributed by atoms with Crippen molar-refractivity contribution in [2.24, 2.45) is 11.7 Å². The van der Waals surface area contributed by atoms with Gasteiger partial charge in [-0.15, -0.1) is 0 Å². The van der Waals surface area contributed by atoms with Crippen molar-refractivity contribution in [3.05, 3.63) is 0 Å². The Morgan fingerprint density at radius 2 is 1.62 bits per heavy atom. The van der Waals surface area contributed by atoms with Crippen molar-refractivity contribution < 1.29 is 13.3 Å². The molecule has 0 fully saturated rings. The van der Waals surface area contributed by atoms with Crippen LogP contribution in [0.1, 0.15) is 20.8 Å². The molecule has 0 saturated carbocycles. The Bertz CT molecular complexity index is 125. The van der Waals surface area contributed by atoms with Crippen LogP contribution in [0.2, 0.25) is 6.04 Å². The molecule has 1 unspecified atom stereocenters. The average Bonchev–Trinajstić information content (AvgIpc) is 2.01. The Labute approximate surface area is 81.7 Å². The van der Waals surface area contributed by atoms with Gasteiger partial charge in [0.05, 0.1) is 6.23 Å². The molecule has 0 aromatic rings. The van der Waals surface area contributed by atoms with Gasteiger partial charge in [0.1, 0.15) is 0 Å². The first-order valence-corrected chi connectivity index (χ1v) is 6.42. The first-order valence-electron chi connectivity index (χ1n) is 4.49. The van der Waals surface area contributed by atoms with E-state index in [9.17, 15) is 0 Å². The Morgan fingerprint density at radius 3 is 1.85 bits per heavy atom. The van der Waals surface area contributed by atoms with Crippen molar-refractivity contribution in [2.75, 3.05) is 14.2 Å². The van der Waals surface area contributed by atoms with Crippen LogP contribution in [-0.4, -0.2) is 29.3 Å². The predicted octanol–water partition coefficient (Wildman–Crippen LogP) is 1.20. The van der Waals surface area contributed by atoms with Crippen molar-refractivity contribution >= 4 is 8.80 Å². The van der Waals surface area contributed by atoms with E-state index in [0.29, 0.717) is 5.92 Å². The Morgan fingerprint density at radius 1 is 1.15 bits per heavy atom. The van der Waals surface area contributed by atoms with Crippen molar-refractivity contribution in [3.8, 4) is 0 Å². The minimum absolute atomic E-state index is 0.342. The minimum atomic E-state index is -2.49. The van der Waals surface area contributed by atoms with Crippen LogP contribution >= 0.6 is 0 Å². The molecule has 2 N–H and O–H groups in total. The highest BCUT2D eigenvalue weighted by molar-refractivity contribution is 6.60. The van der Waals surface area contributed by atoms with E-state index in [2.05, 4.69) is 13.8 Å². The second kappa shape index (κ2) is 5.72. The topological polar surface area (TPSA) is 53.7 Å². The van der Waals surface area contributed by atoms with Gasteiger partial charge >= 0.3 is 8.80 Å².